The van der Waals surface area contributed by atoms with E-state index in [-0.39, 0.29) is 23.5 Å². The molecule has 0 spiro atoms. The maximum absolute atomic E-state index is 12.3. The normalized spacial score (nSPS) is 10.7. The fourth-order valence-corrected chi connectivity index (χ4v) is 3.41. The summed E-state index contributed by atoms with van der Waals surface area (Å²) in [5.74, 6) is 6.97. The number of ether oxygens (including phenoxy) is 2. The molecule has 0 bridgehead atoms. The minimum absolute atomic E-state index is 0.0502. The Morgan fingerprint density at radius 1 is 1.09 bits per heavy atom. The van der Waals surface area contributed by atoms with Crippen LogP contribution in [0, 0.1) is 0 Å². The number of aromatic nitrogens is 3. The molecule has 2 aromatic carbocycles. The summed E-state index contributed by atoms with van der Waals surface area (Å²) in [6.07, 6.45) is 1.56. The number of nitrogens with zero attached hydrogens (tertiary/aromatic N) is 4. The zero-order chi connectivity index (χ0) is 24.5. The van der Waals surface area contributed by atoms with Gasteiger partial charge in [0, 0.05) is 18.3 Å². The molecule has 0 atom stereocenters. The van der Waals surface area contributed by atoms with Crippen LogP contribution in [0.2, 0.25) is 0 Å². The molecule has 0 fully saturated rings. The van der Waals surface area contributed by atoms with E-state index in [4.69, 9.17) is 15.3 Å². The first-order chi connectivity index (χ1) is 16.4. The van der Waals surface area contributed by atoms with Gasteiger partial charge < -0.3 is 25.9 Å². The monoisotopic (exact) mass is 484 g/mol. The molecule has 0 saturated heterocycles. The van der Waals surface area contributed by atoms with Gasteiger partial charge in [0.15, 0.2) is 11.5 Å². The van der Waals surface area contributed by atoms with E-state index in [2.05, 4.69) is 31.4 Å². The SMILES string of the molecule is COc1ccc(/C=N/Nc2nnc(SCC(=O)Nc3cccc(NC(C)=O)c3)n2N)cc1OC. The van der Waals surface area contributed by atoms with Crippen molar-refractivity contribution >= 4 is 47.1 Å². The summed E-state index contributed by atoms with van der Waals surface area (Å²) < 4.78 is 11.7. The third kappa shape index (κ3) is 6.62. The third-order valence-electron chi connectivity index (χ3n) is 4.25. The lowest BCUT2D eigenvalue weighted by Gasteiger charge is -2.08. The Hall–Kier alpha value is -4.26. The maximum atomic E-state index is 12.3. The number of nitrogen functional groups attached to an aromatic ring is 1. The van der Waals surface area contributed by atoms with Gasteiger partial charge in [-0.2, -0.15) is 5.10 Å². The fourth-order valence-electron chi connectivity index (χ4n) is 2.75. The highest BCUT2D eigenvalue weighted by atomic mass is 32.2. The minimum Gasteiger partial charge on any atom is -0.493 e. The smallest absolute Gasteiger partial charge is 0.264 e. The summed E-state index contributed by atoms with van der Waals surface area (Å²) in [6, 6.07) is 12.2. The number of rotatable bonds is 10. The van der Waals surface area contributed by atoms with Crippen molar-refractivity contribution in [2.24, 2.45) is 5.10 Å². The average molecular weight is 485 g/mol. The van der Waals surface area contributed by atoms with Crippen LogP contribution in [-0.2, 0) is 9.59 Å². The van der Waals surface area contributed by atoms with E-state index in [1.54, 1.807) is 56.8 Å². The second-order valence-corrected chi connectivity index (χ2v) is 7.70. The van der Waals surface area contributed by atoms with Crippen molar-refractivity contribution in [3.8, 4) is 11.5 Å². The van der Waals surface area contributed by atoms with Gasteiger partial charge in [0.1, 0.15) is 0 Å². The molecule has 3 aromatic rings. The summed E-state index contributed by atoms with van der Waals surface area (Å²) in [6.45, 7) is 1.41. The van der Waals surface area contributed by atoms with Crippen LogP contribution in [0.4, 0.5) is 17.3 Å². The van der Waals surface area contributed by atoms with Gasteiger partial charge in [0.25, 0.3) is 5.95 Å². The summed E-state index contributed by atoms with van der Waals surface area (Å²) in [7, 11) is 3.11. The van der Waals surface area contributed by atoms with E-state index in [1.165, 1.54) is 11.6 Å². The number of anilines is 3. The molecule has 178 valence electrons. The van der Waals surface area contributed by atoms with Crippen molar-refractivity contribution in [1.82, 2.24) is 14.9 Å². The fraction of sp³-hybridized carbons (Fsp3) is 0.190. The van der Waals surface area contributed by atoms with Gasteiger partial charge in [0.2, 0.25) is 17.0 Å². The number of amides is 2. The van der Waals surface area contributed by atoms with Gasteiger partial charge in [0.05, 0.1) is 26.2 Å². The highest BCUT2D eigenvalue weighted by molar-refractivity contribution is 7.99. The van der Waals surface area contributed by atoms with E-state index in [9.17, 15) is 9.59 Å². The third-order valence-corrected chi connectivity index (χ3v) is 5.19. The molecule has 2 amide bonds. The van der Waals surface area contributed by atoms with Crippen LogP contribution < -0.4 is 31.4 Å². The van der Waals surface area contributed by atoms with E-state index >= 15 is 0 Å². The summed E-state index contributed by atoms with van der Waals surface area (Å²) in [5.41, 5.74) is 4.62. The van der Waals surface area contributed by atoms with Crippen molar-refractivity contribution in [1.29, 1.82) is 0 Å². The number of hydrogen-bond donors (Lipinski definition) is 4. The van der Waals surface area contributed by atoms with Crippen LogP contribution >= 0.6 is 11.8 Å². The predicted molar refractivity (Wildman–Crippen MR) is 131 cm³/mol. The molecule has 0 aliphatic heterocycles. The van der Waals surface area contributed by atoms with Crippen LogP contribution in [0.1, 0.15) is 12.5 Å². The van der Waals surface area contributed by atoms with Crippen molar-refractivity contribution in [2.75, 3.05) is 41.9 Å². The quantitative estimate of drug-likeness (QED) is 0.146. The second-order valence-electron chi connectivity index (χ2n) is 6.76. The molecule has 0 saturated carbocycles. The van der Waals surface area contributed by atoms with E-state index in [1.807, 2.05) is 6.07 Å². The number of thioether (sulfide) groups is 1. The Morgan fingerprint density at radius 2 is 1.82 bits per heavy atom. The molecule has 1 heterocycles. The number of hydrogen-bond acceptors (Lipinski definition) is 10. The summed E-state index contributed by atoms with van der Waals surface area (Å²) in [4.78, 5) is 23.5. The zero-order valence-corrected chi connectivity index (χ0v) is 19.5. The number of carbonyl (C=O) groups is 2. The van der Waals surface area contributed by atoms with Gasteiger partial charge >= 0.3 is 0 Å². The topological polar surface area (TPSA) is 158 Å². The number of nitrogens with one attached hydrogen (secondary N) is 3. The molecular weight excluding hydrogens is 460 g/mol. The summed E-state index contributed by atoms with van der Waals surface area (Å²) >= 11 is 1.11. The number of carbonyl (C=O) groups excluding carboxylic acids is 2. The van der Waals surface area contributed by atoms with Crippen LogP contribution in [0.5, 0.6) is 11.5 Å². The Labute approximate surface area is 199 Å². The first kappa shape index (κ1) is 24.4. The molecule has 3 rings (SSSR count). The largest absolute Gasteiger partial charge is 0.493 e. The lowest BCUT2D eigenvalue weighted by atomic mass is 10.2. The number of nitrogens with two attached hydrogens (primary N) is 1. The first-order valence-electron chi connectivity index (χ1n) is 9.91. The van der Waals surface area contributed by atoms with Crippen molar-refractivity contribution < 1.29 is 19.1 Å². The van der Waals surface area contributed by atoms with Gasteiger partial charge in [-0.15, -0.1) is 10.2 Å². The second kappa shape index (κ2) is 11.6. The lowest BCUT2D eigenvalue weighted by molar-refractivity contribution is -0.114. The molecule has 0 aliphatic carbocycles. The number of methoxy groups -OCH3 is 2. The van der Waals surface area contributed by atoms with Crippen LogP contribution in [0.3, 0.4) is 0 Å². The highest BCUT2D eigenvalue weighted by Gasteiger charge is 2.12. The molecule has 5 N–H and O–H groups in total. The molecule has 0 radical (unpaired) electrons. The maximum Gasteiger partial charge on any atom is 0.264 e. The van der Waals surface area contributed by atoms with E-state index < -0.39 is 0 Å². The minimum atomic E-state index is -0.269. The Morgan fingerprint density at radius 3 is 2.53 bits per heavy atom. The molecular formula is C21H24N8O4S. The lowest BCUT2D eigenvalue weighted by Crippen LogP contribution is -2.17. The van der Waals surface area contributed by atoms with E-state index in [0.29, 0.717) is 28.0 Å². The number of hydrazone groups is 1. The Balaban J connectivity index is 1.54. The number of benzene rings is 2. The predicted octanol–water partition coefficient (Wildman–Crippen LogP) is 2.14. The van der Waals surface area contributed by atoms with Crippen LogP contribution in [-0.4, -0.2) is 52.9 Å². The van der Waals surface area contributed by atoms with Gasteiger partial charge in [-0.3, -0.25) is 9.59 Å². The van der Waals surface area contributed by atoms with Crippen LogP contribution in [0.25, 0.3) is 0 Å². The van der Waals surface area contributed by atoms with Gasteiger partial charge in [-0.1, -0.05) is 17.8 Å². The Bertz CT molecular complexity index is 1200. The van der Waals surface area contributed by atoms with Crippen LogP contribution in [0.15, 0.2) is 52.7 Å². The molecule has 34 heavy (non-hydrogen) atoms. The van der Waals surface area contributed by atoms with Crippen molar-refractivity contribution in [3.63, 3.8) is 0 Å². The standard InChI is InChI=1S/C21H24N8O4S/c1-13(30)24-15-5-4-6-16(10-15)25-19(31)12-34-21-28-27-20(29(21)22)26-23-11-14-7-8-17(32-2)18(9-14)33-3/h4-11H,12,22H2,1-3H3,(H,24,30)(H,25,31)(H,26,27)/b23-11+. The average Bonchev–Trinajstić information content (AvgIpc) is 3.16. The van der Waals surface area contributed by atoms with Gasteiger partial charge in [-0.05, 0) is 42.0 Å². The zero-order valence-electron chi connectivity index (χ0n) is 18.7. The molecule has 1 aromatic heterocycles. The van der Waals surface area contributed by atoms with Crippen molar-refractivity contribution in [3.05, 3.63) is 48.0 Å². The first-order valence-corrected chi connectivity index (χ1v) is 10.9. The van der Waals surface area contributed by atoms with Crippen molar-refractivity contribution in [2.45, 2.75) is 12.1 Å². The van der Waals surface area contributed by atoms with E-state index in [0.717, 1.165) is 17.3 Å². The highest BCUT2D eigenvalue weighted by Crippen LogP contribution is 2.27. The molecule has 13 heteroatoms. The Kier molecular flexibility index (Phi) is 8.29. The molecule has 0 unspecified atom stereocenters. The van der Waals surface area contributed by atoms with Gasteiger partial charge in [-0.25, -0.2) is 10.1 Å². The summed E-state index contributed by atoms with van der Waals surface area (Å²) in [5, 5.41) is 17.7. The molecule has 0 aliphatic rings. The molecule has 12 nitrogen and oxygen atoms in total.